The maximum absolute atomic E-state index is 14.9. The number of hydrogen-bond acceptors (Lipinski definition) is 7. The van der Waals surface area contributed by atoms with Gasteiger partial charge in [-0.1, -0.05) is 35.5 Å². The summed E-state index contributed by atoms with van der Waals surface area (Å²) in [6.07, 6.45) is 0.0537. The lowest BCUT2D eigenvalue weighted by Gasteiger charge is -2.20. The molecule has 2 N–H and O–H groups in total. The van der Waals surface area contributed by atoms with Crippen molar-refractivity contribution in [3.63, 3.8) is 0 Å². The molecule has 0 radical (unpaired) electrons. The molecule has 1 aromatic heterocycles. The molecule has 1 aliphatic heterocycles. The first-order valence-electron chi connectivity index (χ1n) is 10.3. The molecular weight excluding hydrogens is 451 g/mol. The molecule has 2 heterocycles. The number of carboxylic acid groups (broad SMARTS) is 1. The van der Waals surface area contributed by atoms with Gasteiger partial charge in [0.1, 0.15) is 17.0 Å². The summed E-state index contributed by atoms with van der Waals surface area (Å²) in [6.45, 7) is 4.09. The van der Waals surface area contributed by atoms with Gasteiger partial charge in [-0.3, -0.25) is 4.90 Å². The highest BCUT2D eigenvalue weighted by atomic mass is 32.2. The fourth-order valence-electron chi connectivity index (χ4n) is 3.90. The van der Waals surface area contributed by atoms with Gasteiger partial charge in [0, 0.05) is 37.4 Å². The molecule has 1 unspecified atom stereocenters. The molecule has 33 heavy (non-hydrogen) atoms. The van der Waals surface area contributed by atoms with Crippen LogP contribution in [0.2, 0.25) is 0 Å². The molecule has 1 amide bonds. The molecule has 1 aliphatic rings. The Kier molecular flexibility index (Phi) is 6.34. The molecule has 9 nitrogen and oxygen atoms in total. The zero-order valence-corrected chi connectivity index (χ0v) is 18.6. The van der Waals surface area contributed by atoms with E-state index in [-0.39, 0.29) is 10.3 Å². The van der Waals surface area contributed by atoms with Crippen LogP contribution >= 0.6 is 0 Å². The summed E-state index contributed by atoms with van der Waals surface area (Å²) in [6, 6.07) is 13.4. The lowest BCUT2D eigenvalue weighted by Crippen LogP contribution is -2.36. The topological polar surface area (TPSA) is 116 Å². The Balaban J connectivity index is 1.51. The van der Waals surface area contributed by atoms with Crippen LogP contribution in [0.25, 0.3) is 0 Å². The van der Waals surface area contributed by atoms with E-state index in [1.807, 2.05) is 18.2 Å². The zero-order valence-electron chi connectivity index (χ0n) is 17.8. The van der Waals surface area contributed by atoms with Gasteiger partial charge in [-0.05, 0) is 36.6 Å². The molecule has 1 saturated heterocycles. The average Bonchev–Trinajstić information content (AvgIpc) is 3.43. The van der Waals surface area contributed by atoms with Gasteiger partial charge in [0.2, 0.25) is 0 Å². The number of rotatable bonds is 7. The monoisotopic (exact) mass is 474 g/mol. The molecular formula is C22H23FN4O5S. The summed E-state index contributed by atoms with van der Waals surface area (Å²) in [5, 5.41) is 16.0. The minimum atomic E-state index is -4.76. The van der Waals surface area contributed by atoms with Crippen molar-refractivity contribution in [3.8, 4) is 0 Å². The minimum absolute atomic E-state index is 0.0140. The van der Waals surface area contributed by atoms with Crippen LogP contribution in [0, 0.1) is 12.7 Å². The Morgan fingerprint density at radius 1 is 1.30 bits per heavy atom. The fraction of sp³-hybridized carbons (Fsp3) is 0.273. The second-order valence-corrected chi connectivity index (χ2v) is 9.61. The molecule has 0 saturated carbocycles. The quantitative estimate of drug-likeness (QED) is 0.533. The van der Waals surface area contributed by atoms with Gasteiger partial charge in [-0.25, -0.2) is 17.6 Å². The van der Waals surface area contributed by atoms with Gasteiger partial charge < -0.3 is 14.9 Å². The van der Waals surface area contributed by atoms with Crippen molar-refractivity contribution >= 4 is 27.6 Å². The number of nitrogens with zero attached hydrogens (tertiary/aromatic N) is 3. The number of likely N-dealkylation sites (tertiary alicyclic amines) is 1. The predicted octanol–water partition coefficient (Wildman–Crippen LogP) is 3.68. The first kappa shape index (κ1) is 22.7. The van der Waals surface area contributed by atoms with Gasteiger partial charge in [0.15, 0.2) is 5.82 Å². The van der Waals surface area contributed by atoms with Crippen LogP contribution < -0.4 is 9.62 Å². The Hall–Kier alpha value is -3.44. The summed E-state index contributed by atoms with van der Waals surface area (Å²) in [5.41, 5.74) is 2.15. The van der Waals surface area contributed by atoms with E-state index in [1.165, 1.54) is 5.56 Å². The molecule has 1 fully saturated rings. The van der Waals surface area contributed by atoms with Crippen molar-refractivity contribution in [3.05, 3.63) is 71.7 Å². The van der Waals surface area contributed by atoms with Crippen LogP contribution in [0.15, 0.2) is 64.2 Å². The van der Waals surface area contributed by atoms with Crippen LogP contribution in [0.1, 0.15) is 17.5 Å². The maximum atomic E-state index is 14.9. The number of nitrogens with one attached hydrogen (secondary N) is 1. The van der Waals surface area contributed by atoms with E-state index in [4.69, 9.17) is 0 Å². The second kappa shape index (κ2) is 9.20. The Bertz CT molecular complexity index is 1240. The summed E-state index contributed by atoms with van der Waals surface area (Å²) >= 11 is 0. The summed E-state index contributed by atoms with van der Waals surface area (Å²) in [7, 11) is -4.76. The third kappa shape index (κ3) is 4.83. The predicted molar refractivity (Wildman–Crippen MR) is 119 cm³/mol. The number of anilines is 2. The normalized spacial score (nSPS) is 16.6. The van der Waals surface area contributed by atoms with Crippen molar-refractivity contribution < 1.29 is 27.2 Å². The van der Waals surface area contributed by atoms with Gasteiger partial charge in [-0.15, -0.1) is 4.31 Å². The highest BCUT2D eigenvalue weighted by molar-refractivity contribution is 7.93. The van der Waals surface area contributed by atoms with Crippen molar-refractivity contribution in [2.24, 2.45) is 0 Å². The number of amides is 1. The molecule has 0 bridgehead atoms. The van der Waals surface area contributed by atoms with Crippen molar-refractivity contribution in [2.75, 3.05) is 22.7 Å². The lowest BCUT2D eigenvalue weighted by atomic mass is 10.1. The smallest absolute Gasteiger partial charge is 0.427 e. The van der Waals surface area contributed by atoms with Crippen LogP contribution in [0.4, 0.5) is 20.7 Å². The van der Waals surface area contributed by atoms with Gasteiger partial charge in [-0.2, -0.15) is 0 Å². The second-order valence-electron chi connectivity index (χ2n) is 7.86. The van der Waals surface area contributed by atoms with Crippen molar-refractivity contribution in [1.82, 2.24) is 10.1 Å². The number of aryl methyl sites for hydroxylation is 1. The SMILES string of the molecule is Cc1cc(S(=O)(=O)N(C(=O)O)c2ccon2)c(F)cc1NC1CCN(Cc2ccccc2)C1. The van der Waals surface area contributed by atoms with E-state index in [0.29, 0.717) is 11.3 Å². The molecule has 2 aromatic carbocycles. The molecule has 11 heteroatoms. The number of sulfonamides is 1. The molecule has 1 atom stereocenters. The van der Waals surface area contributed by atoms with E-state index in [9.17, 15) is 22.7 Å². The van der Waals surface area contributed by atoms with Crippen LogP contribution in [-0.4, -0.2) is 48.8 Å². The van der Waals surface area contributed by atoms with E-state index in [0.717, 1.165) is 50.5 Å². The summed E-state index contributed by atoms with van der Waals surface area (Å²) in [4.78, 5) is 13.1. The van der Waals surface area contributed by atoms with Crippen LogP contribution in [0.3, 0.4) is 0 Å². The van der Waals surface area contributed by atoms with E-state index in [1.54, 1.807) is 6.92 Å². The molecule has 174 valence electrons. The van der Waals surface area contributed by atoms with Gasteiger partial charge >= 0.3 is 6.09 Å². The number of benzene rings is 2. The number of aromatic nitrogens is 1. The number of carbonyl (C=O) groups is 1. The number of hydrogen-bond donors (Lipinski definition) is 2. The first-order valence-corrected chi connectivity index (χ1v) is 11.7. The summed E-state index contributed by atoms with van der Waals surface area (Å²) in [5.74, 6) is -1.54. The molecule has 4 rings (SSSR count). The Labute approximate surface area is 190 Å². The van der Waals surface area contributed by atoms with Crippen molar-refractivity contribution in [1.29, 1.82) is 0 Å². The standard InChI is InChI=1S/C22H23FN4O5S/c1-15-11-20(33(30,31)27(22(28)29)21-8-10-32-25-21)18(23)12-19(15)24-17-7-9-26(14-17)13-16-5-3-2-4-6-16/h2-6,8,10-12,17,24H,7,9,13-14H2,1H3,(H,28,29). The van der Waals surface area contributed by atoms with Gasteiger partial charge in [0.05, 0.1) is 0 Å². The Morgan fingerprint density at radius 2 is 2.06 bits per heavy atom. The number of halogens is 1. The minimum Gasteiger partial charge on any atom is -0.464 e. The highest BCUT2D eigenvalue weighted by Gasteiger charge is 2.35. The average molecular weight is 475 g/mol. The van der Waals surface area contributed by atoms with E-state index < -0.39 is 32.6 Å². The van der Waals surface area contributed by atoms with Gasteiger partial charge in [0.25, 0.3) is 10.0 Å². The maximum Gasteiger partial charge on any atom is 0.427 e. The third-order valence-electron chi connectivity index (χ3n) is 5.48. The van der Waals surface area contributed by atoms with Crippen LogP contribution in [-0.2, 0) is 16.6 Å². The summed E-state index contributed by atoms with van der Waals surface area (Å²) < 4.78 is 45.3. The van der Waals surface area contributed by atoms with E-state index >= 15 is 0 Å². The van der Waals surface area contributed by atoms with Crippen LogP contribution in [0.5, 0.6) is 0 Å². The highest BCUT2D eigenvalue weighted by Crippen LogP contribution is 2.29. The zero-order chi connectivity index (χ0) is 23.6. The fourth-order valence-corrected chi connectivity index (χ4v) is 5.27. The third-order valence-corrected chi connectivity index (χ3v) is 7.18. The lowest BCUT2D eigenvalue weighted by molar-refractivity contribution is 0.205. The largest absolute Gasteiger partial charge is 0.464 e. The molecule has 0 spiro atoms. The van der Waals surface area contributed by atoms with E-state index in [2.05, 4.69) is 32.0 Å². The molecule has 0 aliphatic carbocycles. The Morgan fingerprint density at radius 3 is 2.73 bits per heavy atom. The molecule has 3 aromatic rings. The van der Waals surface area contributed by atoms with Crippen molar-refractivity contribution in [2.45, 2.75) is 30.8 Å². The first-order chi connectivity index (χ1) is 15.8.